The highest BCUT2D eigenvalue weighted by Gasteiger charge is 2.20. The third-order valence-corrected chi connectivity index (χ3v) is 6.63. The standard InChI is InChI=1S/C18H14Cl2N2O5S2/c1-27-15-5-3-2-4-12(15)22-29(25,26)10-6-7-14(23)13(8-10)21-18(24)11-9-16(19)28-17(11)20/h2-9,22-23H,1H3,(H,21,24). The molecule has 1 aromatic heterocycles. The van der Waals surface area contributed by atoms with Crippen molar-refractivity contribution < 1.29 is 23.1 Å². The zero-order valence-corrected chi connectivity index (χ0v) is 17.9. The fraction of sp³-hybridized carbons (Fsp3) is 0.0556. The van der Waals surface area contributed by atoms with Crippen molar-refractivity contribution in [1.82, 2.24) is 0 Å². The molecule has 0 aliphatic rings. The molecule has 0 saturated carbocycles. The summed E-state index contributed by atoms with van der Waals surface area (Å²) in [6, 6.07) is 11.4. The number of sulfonamides is 1. The molecule has 0 bridgehead atoms. The monoisotopic (exact) mass is 472 g/mol. The Balaban J connectivity index is 1.89. The van der Waals surface area contributed by atoms with Gasteiger partial charge < -0.3 is 15.2 Å². The topological polar surface area (TPSA) is 105 Å². The molecular weight excluding hydrogens is 459 g/mol. The Bertz CT molecular complexity index is 1180. The number of methoxy groups -OCH3 is 1. The third kappa shape index (κ3) is 4.76. The number of phenolic OH excluding ortho intramolecular Hbond substituents is 1. The Labute approximate surface area is 180 Å². The highest BCUT2D eigenvalue weighted by molar-refractivity contribution is 7.92. The smallest absolute Gasteiger partial charge is 0.262 e. The summed E-state index contributed by atoms with van der Waals surface area (Å²) in [6.45, 7) is 0. The van der Waals surface area contributed by atoms with Crippen LogP contribution in [0.1, 0.15) is 10.4 Å². The van der Waals surface area contributed by atoms with Gasteiger partial charge in [-0.1, -0.05) is 35.3 Å². The van der Waals surface area contributed by atoms with E-state index in [1.165, 1.54) is 19.2 Å². The first-order valence-corrected chi connectivity index (χ1v) is 11.0. The molecule has 1 heterocycles. The lowest BCUT2D eigenvalue weighted by Crippen LogP contribution is -2.15. The Morgan fingerprint density at radius 3 is 2.48 bits per heavy atom. The number of thiophene rings is 1. The van der Waals surface area contributed by atoms with Crippen LogP contribution < -0.4 is 14.8 Å². The first-order valence-electron chi connectivity index (χ1n) is 7.96. The van der Waals surface area contributed by atoms with E-state index in [4.69, 9.17) is 27.9 Å². The first-order chi connectivity index (χ1) is 13.7. The largest absolute Gasteiger partial charge is 0.506 e. The third-order valence-electron chi connectivity index (χ3n) is 3.78. The molecule has 0 fully saturated rings. The zero-order chi connectivity index (χ0) is 21.2. The summed E-state index contributed by atoms with van der Waals surface area (Å²) in [5.41, 5.74) is 0.256. The maximum absolute atomic E-state index is 12.7. The molecule has 0 aliphatic carbocycles. The molecule has 0 atom stereocenters. The van der Waals surface area contributed by atoms with Crippen molar-refractivity contribution in [3.63, 3.8) is 0 Å². The molecule has 152 valence electrons. The van der Waals surface area contributed by atoms with Gasteiger partial charge in [-0.05, 0) is 36.4 Å². The number of nitrogens with one attached hydrogen (secondary N) is 2. The minimum Gasteiger partial charge on any atom is -0.506 e. The molecular formula is C18H14Cl2N2O5S2. The second-order valence-corrected chi connectivity index (χ2v) is 9.64. The predicted molar refractivity (Wildman–Crippen MR) is 114 cm³/mol. The SMILES string of the molecule is COc1ccccc1NS(=O)(=O)c1ccc(O)c(NC(=O)c2cc(Cl)sc2Cl)c1. The molecule has 3 aromatic rings. The van der Waals surface area contributed by atoms with Crippen LogP contribution in [-0.2, 0) is 10.0 Å². The van der Waals surface area contributed by atoms with Crippen molar-refractivity contribution in [2.24, 2.45) is 0 Å². The van der Waals surface area contributed by atoms with E-state index < -0.39 is 15.9 Å². The number of carbonyl (C=O) groups is 1. The quantitative estimate of drug-likeness (QED) is 0.445. The normalized spacial score (nSPS) is 11.1. The van der Waals surface area contributed by atoms with Gasteiger partial charge in [-0.25, -0.2) is 8.42 Å². The van der Waals surface area contributed by atoms with Gasteiger partial charge in [0.05, 0.1) is 33.3 Å². The Hall–Kier alpha value is -2.46. The zero-order valence-electron chi connectivity index (χ0n) is 14.8. The molecule has 0 aliphatic heterocycles. The van der Waals surface area contributed by atoms with Crippen LogP contribution in [0, 0.1) is 0 Å². The molecule has 0 saturated heterocycles. The van der Waals surface area contributed by atoms with E-state index in [0.29, 0.717) is 10.1 Å². The molecule has 29 heavy (non-hydrogen) atoms. The molecule has 7 nitrogen and oxygen atoms in total. The molecule has 0 spiro atoms. The lowest BCUT2D eigenvalue weighted by molar-refractivity contribution is 0.102. The van der Waals surface area contributed by atoms with Gasteiger partial charge in [0, 0.05) is 0 Å². The van der Waals surface area contributed by atoms with Gasteiger partial charge in [0.25, 0.3) is 15.9 Å². The van der Waals surface area contributed by atoms with E-state index in [1.807, 2.05) is 0 Å². The van der Waals surface area contributed by atoms with Gasteiger partial charge in [-0.2, -0.15) is 0 Å². The summed E-state index contributed by atoms with van der Waals surface area (Å²) >= 11 is 12.8. The number of halogens is 2. The number of hydrogen-bond acceptors (Lipinski definition) is 6. The number of ether oxygens (including phenoxy) is 1. The summed E-state index contributed by atoms with van der Waals surface area (Å²) in [6.07, 6.45) is 0. The second-order valence-electron chi connectivity index (χ2n) is 5.68. The first kappa shape index (κ1) is 21.3. The van der Waals surface area contributed by atoms with Gasteiger partial charge in [-0.3, -0.25) is 9.52 Å². The lowest BCUT2D eigenvalue weighted by Gasteiger charge is -2.13. The molecule has 11 heteroatoms. The number of hydrogen-bond donors (Lipinski definition) is 3. The highest BCUT2D eigenvalue weighted by Crippen LogP contribution is 2.33. The maximum atomic E-state index is 12.7. The number of carbonyl (C=O) groups excluding carboxylic acids is 1. The molecule has 3 N–H and O–H groups in total. The summed E-state index contributed by atoms with van der Waals surface area (Å²) < 4.78 is 33.5. The van der Waals surface area contributed by atoms with Crippen molar-refractivity contribution in [2.75, 3.05) is 17.1 Å². The van der Waals surface area contributed by atoms with Crippen molar-refractivity contribution in [1.29, 1.82) is 0 Å². The number of phenols is 1. The van der Waals surface area contributed by atoms with E-state index in [9.17, 15) is 18.3 Å². The highest BCUT2D eigenvalue weighted by atomic mass is 35.5. The van der Waals surface area contributed by atoms with Gasteiger partial charge in [0.1, 0.15) is 15.8 Å². The van der Waals surface area contributed by atoms with Crippen LogP contribution in [0.2, 0.25) is 8.67 Å². The van der Waals surface area contributed by atoms with E-state index in [0.717, 1.165) is 23.5 Å². The van der Waals surface area contributed by atoms with E-state index in [2.05, 4.69) is 10.0 Å². The lowest BCUT2D eigenvalue weighted by atomic mass is 10.2. The fourth-order valence-electron chi connectivity index (χ4n) is 2.40. The van der Waals surface area contributed by atoms with Gasteiger partial charge in [0.15, 0.2) is 0 Å². The number of anilines is 2. The van der Waals surface area contributed by atoms with Crippen LogP contribution >= 0.6 is 34.5 Å². The number of aromatic hydroxyl groups is 1. The second kappa shape index (κ2) is 8.50. The number of amides is 1. The summed E-state index contributed by atoms with van der Waals surface area (Å²) in [4.78, 5) is 12.2. The van der Waals surface area contributed by atoms with Crippen LogP contribution in [0.15, 0.2) is 53.4 Å². The summed E-state index contributed by atoms with van der Waals surface area (Å²) in [5, 5.41) is 12.5. The average Bonchev–Trinajstić information content (AvgIpc) is 3.01. The van der Waals surface area contributed by atoms with Crippen LogP contribution in [0.25, 0.3) is 0 Å². The Kier molecular flexibility index (Phi) is 6.23. The average molecular weight is 473 g/mol. The minimum atomic E-state index is -4.03. The van der Waals surface area contributed by atoms with Crippen LogP contribution in [0.3, 0.4) is 0 Å². The summed E-state index contributed by atoms with van der Waals surface area (Å²) in [7, 11) is -2.61. The number of rotatable bonds is 6. The Morgan fingerprint density at radius 2 is 1.83 bits per heavy atom. The fourth-order valence-corrected chi connectivity index (χ4v) is 4.95. The minimum absolute atomic E-state index is 0.101. The maximum Gasteiger partial charge on any atom is 0.262 e. The van der Waals surface area contributed by atoms with Gasteiger partial charge >= 0.3 is 0 Å². The van der Waals surface area contributed by atoms with Gasteiger partial charge in [-0.15, -0.1) is 11.3 Å². The molecule has 0 radical (unpaired) electrons. The van der Waals surface area contributed by atoms with Crippen LogP contribution in [-0.4, -0.2) is 26.5 Å². The Morgan fingerprint density at radius 1 is 1.10 bits per heavy atom. The molecule has 3 rings (SSSR count). The van der Waals surface area contributed by atoms with Crippen molar-refractivity contribution >= 4 is 61.8 Å². The van der Waals surface area contributed by atoms with E-state index >= 15 is 0 Å². The molecule has 1 amide bonds. The van der Waals surface area contributed by atoms with Crippen molar-refractivity contribution in [2.45, 2.75) is 4.90 Å². The summed E-state index contributed by atoms with van der Waals surface area (Å²) in [5.74, 6) is -0.611. The predicted octanol–water partition coefficient (Wildman–Crippen LogP) is 4.82. The molecule has 2 aromatic carbocycles. The van der Waals surface area contributed by atoms with Crippen LogP contribution in [0.5, 0.6) is 11.5 Å². The van der Waals surface area contributed by atoms with E-state index in [1.54, 1.807) is 24.3 Å². The number of para-hydroxylation sites is 2. The molecule has 0 unspecified atom stereocenters. The van der Waals surface area contributed by atoms with Gasteiger partial charge in [0.2, 0.25) is 0 Å². The van der Waals surface area contributed by atoms with Crippen molar-refractivity contribution in [3.8, 4) is 11.5 Å². The van der Waals surface area contributed by atoms with Crippen LogP contribution in [0.4, 0.5) is 11.4 Å². The van der Waals surface area contributed by atoms with Crippen molar-refractivity contribution in [3.05, 3.63) is 62.8 Å². The number of benzene rings is 2. The van der Waals surface area contributed by atoms with E-state index in [-0.39, 0.29) is 31.9 Å².